The number of hydrogen-bond donors (Lipinski definition) is 0. The Morgan fingerprint density at radius 3 is 1.69 bits per heavy atom. The van der Waals surface area contributed by atoms with E-state index in [9.17, 15) is 0 Å². The second kappa shape index (κ2) is 12.4. The van der Waals surface area contributed by atoms with Gasteiger partial charge in [0.15, 0.2) is 0 Å². The molecule has 0 spiro atoms. The zero-order valence-electron chi connectivity index (χ0n) is 28.1. The van der Waals surface area contributed by atoms with E-state index in [1.807, 2.05) is 0 Å². The second-order valence-electron chi connectivity index (χ2n) is 13.8. The van der Waals surface area contributed by atoms with Crippen LogP contribution in [-0.2, 0) is 5.41 Å². The van der Waals surface area contributed by atoms with E-state index < -0.39 is 0 Å². The fourth-order valence-electron chi connectivity index (χ4n) is 7.82. The van der Waals surface area contributed by atoms with Gasteiger partial charge in [-0.3, -0.25) is 0 Å². The minimum Gasteiger partial charge on any atom is -0.335 e. The SMILES string of the molecule is CC1C=CC(N(c2ccccc2)c2ccc(-c3ccc(N(c4ccccc4)c4cccc5c4-c4ccccc4C5(C)C)cc3)cc2)CC1. The lowest BCUT2D eigenvalue weighted by Crippen LogP contribution is -2.31. The fourth-order valence-corrected chi connectivity index (χ4v) is 7.82. The Labute approximate surface area is 285 Å². The van der Waals surface area contributed by atoms with Crippen molar-refractivity contribution in [2.45, 2.75) is 45.1 Å². The van der Waals surface area contributed by atoms with Crippen molar-refractivity contribution in [3.05, 3.63) is 175 Å². The molecular weight excluding hydrogens is 581 g/mol. The molecule has 2 atom stereocenters. The number of hydrogen-bond acceptors (Lipinski definition) is 2. The van der Waals surface area contributed by atoms with E-state index in [1.165, 1.54) is 56.9 Å². The Balaban J connectivity index is 1.15. The van der Waals surface area contributed by atoms with Gasteiger partial charge in [-0.2, -0.15) is 0 Å². The van der Waals surface area contributed by atoms with Crippen molar-refractivity contribution in [2.75, 3.05) is 9.80 Å². The highest BCUT2D eigenvalue weighted by atomic mass is 15.2. The Hall–Kier alpha value is -5.34. The molecule has 0 saturated carbocycles. The summed E-state index contributed by atoms with van der Waals surface area (Å²) < 4.78 is 0. The van der Waals surface area contributed by atoms with Crippen LogP contribution >= 0.6 is 0 Å². The number of allylic oxidation sites excluding steroid dienone is 1. The Bertz CT molecular complexity index is 2060. The molecule has 6 aromatic rings. The number of anilines is 5. The molecule has 0 aliphatic heterocycles. The van der Waals surface area contributed by atoms with Gasteiger partial charge in [-0.15, -0.1) is 0 Å². The van der Waals surface area contributed by atoms with Crippen molar-refractivity contribution >= 4 is 28.4 Å². The molecule has 0 radical (unpaired) electrons. The highest BCUT2D eigenvalue weighted by Crippen LogP contribution is 2.54. The van der Waals surface area contributed by atoms with E-state index in [-0.39, 0.29) is 5.41 Å². The average molecular weight is 623 g/mol. The maximum atomic E-state index is 2.49. The van der Waals surface area contributed by atoms with Gasteiger partial charge in [0, 0.05) is 33.7 Å². The van der Waals surface area contributed by atoms with Crippen molar-refractivity contribution in [2.24, 2.45) is 5.92 Å². The molecule has 6 aromatic carbocycles. The maximum absolute atomic E-state index is 2.49. The first kappa shape index (κ1) is 30.0. The minimum atomic E-state index is -0.0535. The maximum Gasteiger partial charge on any atom is 0.0543 e. The molecule has 0 bridgehead atoms. The van der Waals surface area contributed by atoms with Crippen LogP contribution in [0.3, 0.4) is 0 Å². The Morgan fingerprint density at radius 2 is 1.04 bits per heavy atom. The summed E-state index contributed by atoms with van der Waals surface area (Å²) in [6.45, 7) is 7.00. The Kier molecular flexibility index (Phi) is 7.73. The van der Waals surface area contributed by atoms with Gasteiger partial charge < -0.3 is 9.80 Å². The van der Waals surface area contributed by atoms with Crippen LogP contribution in [0.1, 0.15) is 44.7 Å². The molecular formula is C46H42N2. The molecule has 2 heteroatoms. The molecule has 0 N–H and O–H groups in total. The molecule has 0 amide bonds. The molecule has 2 aliphatic carbocycles. The van der Waals surface area contributed by atoms with Crippen molar-refractivity contribution in [3.8, 4) is 22.3 Å². The highest BCUT2D eigenvalue weighted by Gasteiger charge is 2.37. The monoisotopic (exact) mass is 622 g/mol. The molecule has 0 saturated heterocycles. The second-order valence-corrected chi connectivity index (χ2v) is 13.8. The molecule has 0 heterocycles. The van der Waals surface area contributed by atoms with Gasteiger partial charge in [0.05, 0.1) is 11.7 Å². The van der Waals surface area contributed by atoms with Crippen LogP contribution in [0, 0.1) is 5.92 Å². The van der Waals surface area contributed by atoms with Gasteiger partial charge in [0.25, 0.3) is 0 Å². The molecule has 2 aliphatic rings. The average Bonchev–Trinajstić information content (AvgIpc) is 3.38. The first-order valence-corrected chi connectivity index (χ1v) is 17.3. The van der Waals surface area contributed by atoms with Gasteiger partial charge in [0.2, 0.25) is 0 Å². The molecule has 48 heavy (non-hydrogen) atoms. The first-order valence-electron chi connectivity index (χ1n) is 17.3. The third kappa shape index (κ3) is 5.32. The lowest BCUT2D eigenvalue weighted by molar-refractivity contribution is 0.536. The van der Waals surface area contributed by atoms with Gasteiger partial charge in [-0.1, -0.05) is 130 Å². The van der Waals surface area contributed by atoms with Crippen LogP contribution in [0.25, 0.3) is 22.3 Å². The van der Waals surface area contributed by atoms with Crippen LogP contribution < -0.4 is 9.80 Å². The lowest BCUT2D eigenvalue weighted by atomic mass is 9.82. The molecule has 0 aromatic heterocycles. The number of nitrogens with zero attached hydrogens (tertiary/aromatic N) is 2. The van der Waals surface area contributed by atoms with Crippen molar-refractivity contribution in [1.29, 1.82) is 0 Å². The quantitative estimate of drug-likeness (QED) is 0.163. The third-order valence-corrected chi connectivity index (χ3v) is 10.4. The van der Waals surface area contributed by atoms with Crippen molar-refractivity contribution in [1.82, 2.24) is 0 Å². The largest absolute Gasteiger partial charge is 0.335 e. The number of para-hydroxylation sites is 2. The van der Waals surface area contributed by atoms with Crippen molar-refractivity contribution in [3.63, 3.8) is 0 Å². The highest BCUT2D eigenvalue weighted by molar-refractivity contribution is 5.95. The summed E-state index contributed by atoms with van der Waals surface area (Å²) in [7, 11) is 0. The van der Waals surface area contributed by atoms with Crippen LogP contribution in [-0.4, -0.2) is 6.04 Å². The molecule has 236 valence electrons. The summed E-state index contributed by atoms with van der Waals surface area (Å²) >= 11 is 0. The summed E-state index contributed by atoms with van der Waals surface area (Å²) in [4.78, 5) is 4.91. The molecule has 2 nitrogen and oxygen atoms in total. The number of rotatable bonds is 7. The summed E-state index contributed by atoms with van der Waals surface area (Å²) in [6.07, 6.45) is 7.14. The van der Waals surface area contributed by atoms with Crippen LogP contribution in [0.4, 0.5) is 28.4 Å². The number of fused-ring (bicyclic) bond motifs is 3. The topological polar surface area (TPSA) is 6.48 Å². The van der Waals surface area contributed by atoms with Crippen LogP contribution in [0.5, 0.6) is 0 Å². The standard InChI is InChI=1S/C46H42N2/c1-33-21-27-38(28-22-33)47(36-13-6-4-7-14-36)39-29-23-34(24-30-39)35-25-31-40(32-26-35)48(37-15-8-5-9-16-37)44-20-12-19-43-45(44)41-17-10-11-18-42(41)46(43,2)3/h4-21,23-27,29-33,38H,22,28H2,1-3H3. The molecule has 8 rings (SSSR count). The Morgan fingerprint density at radius 1 is 0.500 bits per heavy atom. The first-order chi connectivity index (χ1) is 23.5. The normalized spacial score (nSPS) is 17.4. The van der Waals surface area contributed by atoms with Gasteiger partial charge >= 0.3 is 0 Å². The van der Waals surface area contributed by atoms with Gasteiger partial charge in [-0.25, -0.2) is 0 Å². The third-order valence-electron chi connectivity index (χ3n) is 10.4. The zero-order chi connectivity index (χ0) is 32.7. The lowest BCUT2D eigenvalue weighted by Gasteiger charge is -2.35. The van der Waals surface area contributed by atoms with E-state index >= 15 is 0 Å². The summed E-state index contributed by atoms with van der Waals surface area (Å²) in [5.41, 5.74) is 13.8. The fraction of sp³-hybridized carbons (Fsp3) is 0.174. The van der Waals surface area contributed by atoms with Gasteiger partial charge in [0.1, 0.15) is 0 Å². The van der Waals surface area contributed by atoms with E-state index in [1.54, 1.807) is 0 Å². The van der Waals surface area contributed by atoms with E-state index in [4.69, 9.17) is 0 Å². The summed E-state index contributed by atoms with van der Waals surface area (Å²) in [6, 6.07) is 55.8. The van der Waals surface area contributed by atoms with Crippen LogP contribution in [0.2, 0.25) is 0 Å². The minimum absolute atomic E-state index is 0.0535. The predicted octanol–water partition coefficient (Wildman–Crippen LogP) is 12.6. The van der Waals surface area contributed by atoms with Crippen LogP contribution in [0.15, 0.2) is 164 Å². The number of benzene rings is 6. The van der Waals surface area contributed by atoms with Gasteiger partial charge in [-0.05, 0) is 101 Å². The predicted molar refractivity (Wildman–Crippen MR) is 204 cm³/mol. The van der Waals surface area contributed by atoms with E-state index in [0.717, 1.165) is 17.8 Å². The van der Waals surface area contributed by atoms with Crippen molar-refractivity contribution < 1.29 is 0 Å². The smallest absolute Gasteiger partial charge is 0.0543 e. The molecule has 0 fully saturated rings. The van der Waals surface area contributed by atoms with E-state index in [2.05, 4.69) is 194 Å². The molecule has 2 unspecified atom stereocenters. The summed E-state index contributed by atoms with van der Waals surface area (Å²) in [5, 5.41) is 0. The zero-order valence-corrected chi connectivity index (χ0v) is 28.1. The summed E-state index contributed by atoms with van der Waals surface area (Å²) in [5.74, 6) is 0.646. The van der Waals surface area contributed by atoms with E-state index in [0.29, 0.717) is 12.0 Å².